The molecular weight excluding hydrogens is 216 g/mol. The Morgan fingerprint density at radius 3 is 3.00 bits per heavy atom. The third-order valence-electron chi connectivity index (χ3n) is 2.41. The van der Waals surface area contributed by atoms with Crippen molar-refractivity contribution >= 4 is 18.3 Å². The highest BCUT2D eigenvalue weighted by atomic mass is 35.5. The van der Waals surface area contributed by atoms with Gasteiger partial charge in [0.2, 0.25) is 5.91 Å². The van der Waals surface area contributed by atoms with Crippen LogP contribution >= 0.6 is 12.4 Å². The monoisotopic (exact) mass is 236 g/mol. The average Bonchev–Trinajstić information content (AvgIpc) is 2.67. The summed E-state index contributed by atoms with van der Waals surface area (Å²) in [5.74, 6) is -0.00940. The molecule has 1 aliphatic rings. The van der Waals surface area contributed by atoms with E-state index in [4.69, 9.17) is 4.74 Å². The molecule has 1 heterocycles. The van der Waals surface area contributed by atoms with Crippen molar-refractivity contribution in [1.29, 1.82) is 0 Å². The van der Waals surface area contributed by atoms with Gasteiger partial charge in [-0.05, 0) is 32.7 Å². The molecule has 0 aromatic rings. The first-order valence-corrected chi connectivity index (χ1v) is 5.40. The SMILES string of the molecule is CCOCC(=O)NCC[C@H]1CCCN1.Cl. The Labute approximate surface area is 97.5 Å². The zero-order chi connectivity index (χ0) is 10.2. The van der Waals surface area contributed by atoms with Crippen LogP contribution in [0, 0.1) is 0 Å². The van der Waals surface area contributed by atoms with Crippen molar-refractivity contribution in [2.45, 2.75) is 32.2 Å². The van der Waals surface area contributed by atoms with Gasteiger partial charge < -0.3 is 15.4 Å². The molecule has 5 heteroatoms. The zero-order valence-electron chi connectivity index (χ0n) is 9.25. The molecule has 1 rings (SSSR count). The molecule has 0 saturated carbocycles. The van der Waals surface area contributed by atoms with Crippen LogP contribution in [0.5, 0.6) is 0 Å². The number of nitrogens with one attached hydrogen (secondary N) is 2. The van der Waals surface area contributed by atoms with Gasteiger partial charge in [-0.1, -0.05) is 0 Å². The van der Waals surface area contributed by atoms with E-state index in [1.807, 2.05) is 6.92 Å². The van der Waals surface area contributed by atoms with E-state index < -0.39 is 0 Å². The Morgan fingerprint density at radius 2 is 2.40 bits per heavy atom. The Kier molecular flexibility index (Phi) is 8.76. The van der Waals surface area contributed by atoms with E-state index in [-0.39, 0.29) is 24.9 Å². The Hall–Kier alpha value is -0.320. The highest BCUT2D eigenvalue weighted by Gasteiger charge is 2.13. The molecule has 1 atom stereocenters. The maximum Gasteiger partial charge on any atom is 0.245 e. The lowest BCUT2D eigenvalue weighted by Crippen LogP contribution is -2.32. The van der Waals surface area contributed by atoms with Crippen LogP contribution in [-0.4, -0.2) is 38.3 Å². The quantitative estimate of drug-likeness (QED) is 0.714. The molecule has 2 N–H and O–H groups in total. The molecule has 15 heavy (non-hydrogen) atoms. The van der Waals surface area contributed by atoms with Crippen molar-refractivity contribution in [3.05, 3.63) is 0 Å². The summed E-state index contributed by atoms with van der Waals surface area (Å²) >= 11 is 0. The molecule has 0 aliphatic carbocycles. The van der Waals surface area contributed by atoms with Gasteiger partial charge in [0.05, 0.1) is 0 Å². The molecule has 4 nitrogen and oxygen atoms in total. The molecule has 1 aliphatic heterocycles. The lowest BCUT2D eigenvalue weighted by Gasteiger charge is -2.10. The van der Waals surface area contributed by atoms with Gasteiger partial charge in [-0.25, -0.2) is 0 Å². The Balaban J connectivity index is 0.00000196. The van der Waals surface area contributed by atoms with Crippen LogP contribution < -0.4 is 10.6 Å². The van der Waals surface area contributed by atoms with E-state index in [1.54, 1.807) is 0 Å². The maximum atomic E-state index is 11.1. The third kappa shape index (κ3) is 6.71. The number of amides is 1. The minimum Gasteiger partial charge on any atom is -0.372 e. The Morgan fingerprint density at radius 1 is 1.60 bits per heavy atom. The van der Waals surface area contributed by atoms with E-state index in [9.17, 15) is 4.79 Å². The van der Waals surface area contributed by atoms with E-state index in [1.165, 1.54) is 12.8 Å². The first kappa shape index (κ1) is 14.7. The average molecular weight is 237 g/mol. The zero-order valence-corrected chi connectivity index (χ0v) is 10.1. The molecule has 0 aromatic heterocycles. The predicted octanol–water partition coefficient (Wildman–Crippen LogP) is 0.703. The first-order chi connectivity index (χ1) is 6.83. The summed E-state index contributed by atoms with van der Waals surface area (Å²) in [7, 11) is 0. The summed E-state index contributed by atoms with van der Waals surface area (Å²) in [5, 5.41) is 6.23. The molecule has 1 amide bonds. The molecule has 0 unspecified atom stereocenters. The van der Waals surface area contributed by atoms with Crippen LogP contribution in [0.2, 0.25) is 0 Å². The predicted molar refractivity (Wildman–Crippen MR) is 62.4 cm³/mol. The summed E-state index contributed by atoms with van der Waals surface area (Å²) in [6.45, 7) is 4.54. The normalized spacial score (nSPS) is 19.7. The first-order valence-electron chi connectivity index (χ1n) is 5.40. The molecule has 1 saturated heterocycles. The van der Waals surface area contributed by atoms with Crippen molar-refractivity contribution in [3.8, 4) is 0 Å². The van der Waals surface area contributed by atoms with Gasteiger partial charge in [0.15, 0.2) is 0 Å². The van der Waals surface area contributed by atoms with Crippen LogP contribution in [-0.2, 0) is 9.53 Å². The third-order valence-corrected chi connectivity index (χ3v) is 2.41. The number of ether oxygens (including phenoxy) is 1. The van der Waals surface area contributed by atoms with Gasteiger partial charge in [0, 0.05) is 19.2 Å². The molecule has 0 aromatic carbocycles. The highest BCUT2D eigenvalue weighted by Crippen LogP contribution is 2.07. The summed E-state index contributed by atoms with van der Waals surface area (Å²) < 4.78 is 4.99. The molecular formula is C10H21ClN2O2. The van der Waals surface area contributed by atoms with Crippen molar-refractivity contribution < 1.29 is 9.53 Å². The largest absolute Gasteiger partial charge is 0.372 e. The van der Waals surface area contributed by atoms with Crippen molar-refractivity contribution in [2.75, 3.05) is 26.3 Å². The summed E-state index contributed by atoms with van der Waals surface area (Å²) in [6, 6.07) is 0.599. The van der Waals surface area contributed by atoms with Crippen molar-refractivity contribution in [1.82, 2.24) is 10.6 Å². The van der Waals surface area contributed by atoms with E-state index >= 15 is 0 Å². The smallest absolute Gasteiger partial charge is 0.245 e. The fourth-order valence-corrected chi connectivity index (χ4v) is 1.63. The second-order valence-corrected chi connectivity index (χ2v) is 3.57. The molecule has 0 radical (unpaired) electrons. The second kappa shape index (κ2) is 8.95. The summed E-state index contributed by atoms with van der Waals surface area (Å²) in [4.78, 5) is 11.1. The van der Waals surface area contributed by atoms with E-state index in [0.29, 0.717) is 12.6 Å². The van der Waals surface area contributed by atoms with Crippen LogP contribution in [0.15, 0.2) is 0 Å². The van der Waals surface area contributed by atoms with Crippen molar-refractivity contribution in [2.24, 2.45) is 0 Å². The van der Waals surface area contributed by atoms with Crippen molar-refractivity contribution in [3.63, 3.8) is 0 Å². The van der Waals surface area contributed by atoms with E-state index in [0.717, 1.165) is 19.5 Å². The topological polar surface area (TPSA) is 50.4 Å². The van der Waals surface area contributed by atoms with Crippen LogP contribution in [0.25, 0.3) is 0 Å². The van der Waals surface area contributed by atoms with Gasteiger partial charge in [-0.2, -0.15) is 0 Å². The van der Waals surface area contributed by atoms with Crippen LogP contribution in [0.4, 0.5) is 0 Å². The fourth-order valence-electron chi connectivity index (χ4n) is 1.63. The van der Waals surface area contributed by atoms with Gasteiger partial charge in [-0.15, -0.1) is 12.4 Å². The van der Waals surface area contributed by atoms with Crippen LogP contribution in [0.3, 0.4) is 0 Å². The molecule has 0 spiro atoms. The number of hydrogen-bond acceptors (Lipinski definition) is 3. The lowest BCUT2D eigenvalue weighted by atomic mass is 10.1. The molecule has 1 fully saturated rings. The minimum atomic E-state index is -0.00940. The molecule has 0 bridgehead atoms. The number of hydrogen-bond donors (Lipinski definition) is 2. The Bertz CT molecular complexity index is 173. The van der Waals surface area contributed by atoms with Gasteiger partial charge in [0.25, 0.3) is 0 Å². The summed E-state index contributed by atoms with van der Waals surface area (Å²) in [5.41, 5.74) is 0. The van der Waals surface area contributed by atoms with Gasteiger partial charge in [0.1, 0.15) is 6.61 Å². The lowest BCUT2D eigenvalue weighted by molar-refractivity contribution is -0.125. The summed E-state index contributed by atoms with van der Waals surface area (Å²) in [6.07, 6.45) is 3.52. The number of carbonyl (C=O) groups is 1. The number of halogens is 1. The highest BCUT2D eigenvalue weighted by molar-refractivity contribution is 5.85. The van der Waals surface area contributed by atoms with Gasteiger partial charge in [-0.3, -0.25) is 4.79 Å². The number of carbonyl (C=O) groups excluding carboxylic acids is 1. The standard InChI is InChI=1S/C10H20N2O2.ClH/c1-2-14-8-10(13)12-7-5-9-4-3-6-11-9;/h9,11H,2-8H2,1H3,(H,12,13);1H/t9-;/m1./s1. The maximum absolute atomic E-state index is 11.1. The van der Waals surface area contributed by atoms with E-state index in [2.05, 4.69) is 10.6 Å². The van der Waals surface area contributed by atoms with Gasteiger partial charge >= 0.3 is 0 Å². The fraction of sp³-hybridized carbons (Fsp3) is 0.900. The van der Waals surface area contributed by atoms with Crippen LogP contribution in [0.1, 0.15) is 26.2 Å². The molecule has 90 valence electrons. The second-order valence-electron chi connectivity index (χ2n) is 3.57. The minimum absolute atomic E-state index is 0. The number of rotatable bonds is 6.